The molecule has 1 saturated heterocycles. The van der Waals surface area contributed by atoms with Gasteiger partial charge in [-0.3, -0.25) is 9.78 Å². The summed E-state index contributed by atoms with van der Waals surface area (Å²) in [6.45, 7) is 0.239. The number of aromatic nitrogens is 1. The van der Waals surface area contributed by atoms with E-state index in [0.29, 0.717) is 24.0 Å². The molecule has 0 bridgehead atoms. The van der Waals surface area contributed by atoms with Gasteiger partial charge in [0.2, 0.25) is 15.9 Å². The predicted octanol–water partition coefficient (Wildman–Crippen LogP) is 2.85. The van der Waals surface area contributed by atoms with Gasteiger partial charge in [0.1, 0.15) is 10.7 Å². The standard InChI is InChI=1S/C23H22FN3O5S2/c1-33(29,30)20-8-3-2-6-16(20)15-10-11-19(18(24)14-15)27-13-5-7-17(23(27)28)22-21(34(25,31)32)9-4-12-26-22/h2-4,6,8-12,14,17H,5,7,13H2,1H3,(H2,25,31,32). The van der Waals surface area contributed by atoms with Gasteiger partial charge in [0, 0.05) is 24.6 Å². The number of hydrogen-bond acceptors (Lipinski definition) is 6. The number of pyridine rings is 1. The fraction of sp³-hybridized carbons (Fsp3) is 0.217. The highest BCUT2D eigenvalue weighted by Gasteiger charge is 2.36. The number of carbonyl (C=O) groups excluding carboxylic acids is 1. The van der Waals surface area contributed by atoms with Gasteiger partial charge in [0.15, 0.2) is 9.84 Å². The lowest BCUT2D eigenvalue weighted by Gasteiger charge is -2.33. The Balaban J connectivity index is 1.72. The average Bonchev–Trinajstić information content (AvgIpc) is 2.78. The summed E-state index contributed by atoms with van der Waals surface area (Å²) < 4.78 is 63.5. The van der Waals surface area contributed by atoms with E-state index in [1.807, 2.05) is 0 Å². The number of benzene rings is 2. The molecule has 11 heteroatoms. The topological polar surface area (TPSA) is 128 Å². The zero-order valence-electron chi connectivity index (χ0n) is 18.2. The molecule has 2 heterocycles. The van der Waals surface area contributed by atoms with E-state index in [2.05, 4.69) is 4.98 Å². The van der Waals surface area contributed by atoms with Crippen LogP contribution in [-0.2, 0) is 24.7 Å². The van der Waals surface area contributed by atoms with Crippen molar-refractivity contribution in [3.8, 4) is 11.1 Å². The summed E-state index contributed by atoms with van der Waals surface area (Å²) >= 11 is 0. The molecule has 0 radical (unpaired) electrons. The van der Waals surface area contributed by atoms with Gasteiger partial charge in [-0.05, 0) is 48.7 Å². The zero-order chi connectivity index (χ0) is 24.7. The number of amides is 1. The molecule has 2 aromatic carbocycles. The quantitative estimate of drug-likeness (QED) is 0.570. The van der Waals surface area contributed by atoms with E-state index < -0.39 is 37.5 Å². The van der Waals surface area contributed by atoms with E-state index in [4.69, 9.17) is 5.14 Å². The highest BCUT2D eigenvalue weighted by atomic mass is 32.2. The van der Waals surface area contributed by atoms with Crippen LogP contribution in [0.4, 0.5) is 10.1 Å². The van der Waals surface area contributed by atoms with Crippen molar-refractivity contribution in [1.82, 2.24) is 4.98 Å². The second-order valence-electron chi connectivity index (χ2n) is 8.05. The normalized spacial score (nSPS) is 17.1. The zero-order valence-corrected chi connectivity index (χ0v) is 19.8. The Morgan fingerprint density at radius 3 is 2.41 bits per heavy atom. The van der Waals surface area contributed by atoms with Crippen LogP contribution in [0.25, 0.3) is 11.1 Å². The second-order valence-corrected chi connectivity index (χ2v) is 11.6. The molecule has 3 aromatic rings. The maximum absolute atomic E-state index is 15.2. The Bertz CT molecular complexity index is 1490. The molecular formula is C23H22FN3O5S2. The maximum atomic E-state index is 15.2. The third-order valence-corrected chi connectivity index (χ3v) is 7.82. The second kappa shape index (κ2) is 8.90. The number of piperidine rings is 1. The number of nitrogens with two attached hydrogens (primary N) is 1. The van der Waals surface area contributed by atoms with Gasteiger partial charge in [0.05, 0.1) is 22.2 Å². The first-order chi connectivity index (χ1) is 16.0. The van der Waals surface area contributed by atoms with Crippen molar-refractivity contribution in [2.24, 2.45) is 5.14 Å². The minimum atomic E-state index is -4.11. The van der Waals surface area contributed by atoms with Crippen LogP contribution in [0.1, 0.15) is 24.5 Å². The fourth-order valence-corrected chi connectivity index (χ4v) is 5.86. The van der Waals surface area contributed by atoms with Crippen LogP contribution < -0.4 is 10.0 Å². The van der Waals surface area contributed by atoms with Crippen molar-refractivity contribution in [2.45, 2.75) is 28.6 Å². The molecular weight excluding hydrogens is 481 g/mol. The van der Waals surface area contributed by atoms with E-state index in [-0.39, 0.29) is 27.7 Å². The fourth-order valence-electron chi connectivity index (χ4n) is 4.19. The highest BCUT2D eigenvalue weighted by molar-refractivity contribution is 7.90. The molecule has 2 N–H and O–H groups in total. The molecule has 1 aromatic heterocycles. The van der Waals surface area contributed by atoms with Crippen LogP contribution in [0.3, 0.4) is 0 Å². The van der Waals surface area contributed by atoms with Crippen molar-refractivity contribution < 1.29 is 26.0 Å². The number of anilines is 1. The molecule has 0 spiro atoms. The SMILES string of the molecule is CS(=O)(=O)c1ccccc1-c1ccc(N2CCCC(c3ncccc3S(N)(=O)=O)C2=O)c(F)c1. The summed E-state index contributed by atoms with van der Waals surface area (Å²) in [5, 5.41) is 5.30. The van der Waals surface area contributed by atoms with Crippen molar-refractivity contribution in [2.75, 3.05) is 17.7 Å². The molecule has 1 atom stereocenters. The Labute approximate surface area is 197 Å². The average molecular weight is 504 g/mol. The van der Waals surface area contributed by atoms with E-state index >= 15 is 4.39 Å². The number of hydrogen-bond donors (Lipinski definition) is 1. The van der Waals surface area contributed by atoms with Crippen LogP contribution in [0.15, 0.2) is 70.6 Å². The van der Waals surface area contributed by atoms with Crippen LogP contribution in [0.2, 0.25) is 0 Å². The lowest BCUT2D eigenvalue weighted by Crippen LogP contribution is -2.41. The lowest BCUT2D eigenvalue weighted by molar-refractivity contribution is -0.121. The number of sulfone groups is 1. The van der Waals surface area contributed by atoms with E-state index in [9.17, 15) is 21.6 Å². The number of sulfonamides is 1. The van der Waals surface area contributed by atoms with Crippen LogP contribution in [0.5, 0.6) is 0 Å². The third-order valence-electron chi connectivity index (χ3n) is 5.71. The predicted molar refractivity (Wildman–Crippen MR) is 125 cm³/mol. The smallest absolute Gasteiger partial charge is 0.239 e. The van der Waals surface area contributed by atoms with E-state index in [1.54, 1.807) is 24.3 Å². The molecule has 8 nitrogen and oxygen atoms in total. The lowest BCUT2D eigenvalue weighted by atomic mass is 9.92. The summed E-state index contributed by atoms with van der Waals surface area (Å²) in [6, 6.07) is 13.1. The molecule has 1 unspecified atom stereocenters. The van der Waals surface area contributed by atoms with Crippen LogP contribution in [0, 0.1) is 5.82 Å². The Kier molecular flexibility index (Phi) is 6.28. The number of primary sulfonamides is 1. The van der Waals surface area contributed by atoms with Crippen molar-refractivity contribution in [3.63, 3.8) is 0 Å². The summed E-state index contributed by atoms with van der Waals surface area (Å²) in [5.41, 5.74) is 0.760. The molecule has 1 amide bonds. The molecule has 1 fully saturated rings. The molecule has 178 valence electrons. The van der Waals surface area contributed by atoms with Gasteiger partial charge >= 0.3 is 0 Å². The van der Waals surface area contributed by atoms with Crippen molar-refractivity contribution in [1.29, 1.82) is 0 Å². The monoisotopic (exact) mass is 503 g/mol. The summed E-state index contributed by atoms with van der Waals surface area (Å²) in [6.07, 6.45) is 3.30. The first-order valence-corrected chi connectivity index (χ1v) is 13.8. The molecule has 1 aliphatic rings. The van der Waals surface area contributed by atoms with E-state index in [0.717, 1.165) is 6.26 Å². The number of rotatable bonds is 5. The number of halogens is 1. The number of nitrogens with zero attached hydrogens (tertiary/aromatic N) is 2. The van der Waals surface area contributed by atoms with Gasteiger partial charge in [-0.2, -0.15) is 0 Å². The van der Waals surface area contributed by atoms with Crippen LogP contribution in [-0.4, -0.2) is 40.5 Å². The van der Waals surface area contributed by atoms with Crippen LogP contribution >= 0.6 is 0 Å². The molecule has 4 rings (SSSR count). The summed E-state index contributed by atoms with van der Waals surface area (Å²) in [4.78, 5) is 18.5. The van der Waals surface area contributed by atoms with Gasteiger partial charge in [-0.1, -0.05) is 24.3 Å². The Morgan fingerprint density at radius 1 is 1.03 bits per heavy atom. The molecule has 0 saturated carbocycles. The Morgan fingerprint density at radius 2 is 1.74 bits per heavy atom. The van der Waals surface area contributed by atoms with Gasteiger partial charge in [-0.15, -0.1) is 0 Å². The molecule has 34 heavy (non-hydrogen) atoms. The minimum absolute atomic E-state index is 0.0170. The minimum Gasteiger partial charge on any atom is -0.309 e. The van der Waals surface area contributed by atoms with Gasteiger partial charge in [-0.25, -0.2) is 26.4 Å². The highest BCUT2D eigenvalue weighted by Crippen LogP contribution is 2.36. The van der Waals surface area contributed by atoms with Crippen molar-refractivity contribution >= 4 is 31.5 Å². The first-order valence-electron chi connectivity index (χ1n) is 10.4. The largest absolute Gasteiger partial charge is 0.309 e. The van der Waals surface area contributed by atoms with E-state index in [1.165, 1.54) is 41.4 Å². The maximum Gasteiger partial charge on any atom is 0.239 e. The Hall–Kier alpha value is -3.15. The summed E-state index contributed by atoms with van der Waals surface area (Å²) in [5.74, 6) is -2.09. The first kappa shape index (κ1) is 24.0. The number of carbonyl (C=O) groups is 1. The van der Waals surface area contributed by atoms with Gasteiger partial charge < -0.3 is 4.90 Å². The third kappa shape index (κ3) is 4.59. The van der Waals surface area contributed by atoms with Crippen molar-refractivity contribution in [3.05, 3.63) is 72.3 Å². The van der Waals surface area contributed by atoms with Gasteiger partial charge in [0.25, 0.3) is 0 Å². The summed E-state index contributed by atoms with van der Waals surface area (Å²) in [7, 11) is -7.65. The molecule has 1 aliphatic heterocycles. The molecule has 0 aliphatic carbocycles.